The lowest BCUT2D eigenvalue weighted by Crippen LogP contribution is -2.58. The molecule has 1 heterocycles. The third-order valence-electron chi connectivity index (χ3n) is 6.27. The van der Waals surface area contributed by atoms with Crippen LogP contribution in [0.5, 0.6) is 5.75 Å². The van der Waals surface area contributed by atoms with Gasteiger partial charge in [0.2, 0.25) is 10.0 Å². The number of nitrogens with one attached hydrogen (secondary N) is 1. The molecule has 0 radical (unpaired) electrons. The van der Waals surface area contributed by atoms with Gasteiger partial charge in [-0.3, -0.25) is 0 Å². The van der Waals surface area contributed by atoms with Crippen LogP contribution in [0.25, 0.3) is 0 Å². The maximum Gasteiger partial charge on any atom is 0.534 e. The number of halogens is 3. The fourth-order valence-electron chi connectivity index (χ4n) is 5.09. The Morgan fingerprint density at radius 1 is 1.11 bits per heavy atom. The van der Waals surface area contributed by atoms with Crippen molar-refractivity contribution in [2.75, 3.05) is 5.75 Å². The monoisotopic (exact) mass is 439 g/mol. The molecule has 0 amide bonds. The zero-order valence-electron chi connectivity index (χ0n) is 14.8. The molecule has 3 aliphatic rings. The normalized spacial score (nSPS) is 32.0. The van der Waals surface area contributed by atoms with Gasteiger partial charge >= 0.3 is 15.6 Å². The Labute approximate surface area is 161 Å². The summed E-state index contributed by atoms with van der Waals surface area (Å²) in [5, 5.41) is 0. The Morgan fingerprint density at radius 2 is 1.75 bits per heavy atom. The largest absolute Gasteiger partial charge is 0.534 e. The van der Waals surface area contributed by atoms with Gasteiger partial charge < -0.3 is 4.18 Å². The van der Waals surface area contributed by atoms with Crippen LogP contribution in [0.1, 0.15) is 36.8 Å². The minimum atomic E-state index is -5.73. The van der Waals surface area contributed by atoms with Gasteiger partial charge in [-0.25, -0.2) is 13.1 Å². The summed E-state index contributed by atoms with van der Waals surface area (Å²) < 4.78 is 91.9. The molecule has 2 aliphatic carbocycles. The second-order valence-corrected chi connectivity index (χ2v) is 11.2. The maximum absolute atomic E-state index is 12.6. The van der Waals surface area contributed by atoms with Crippen LogP contribution in [-0.4, -0.2) is 33.6 Å². The van der Waals surface area contributed by atoms with Crippen molar-refractivity contribution in [2.24, 2.45) is 11.8 Å². The Kier molecular flexibility index (Phi) is 4.51. The van der Waals surface area contributed by atoms with Gasteiger partial charge in [0.25, 0.3) is 0 Å². The number of rotatable bonds is 2. The molecular formula is C17H20F3NO5S2. The summed E-state index contributed by atoms with van der Waals surface area (Å²) in [6.45, 7) is 0. The van der Waals surface area contributed by atoms with E-state index >= 15 is 0 Å². The molecule has 2 fully saturated rings. The van der Waals surface area contributed by atoms with E-state index in [9.17, 15) is 30.0 Å². The highest BCUT2D eigenvalue weighted by atomic mass is 32.2. The molecule has 1 saturated carbocycles. The van der Waals surface area contributed by atoms with E-state index in [1.807, 2.05) is 0 Å². The minimum absolute atomic E-state index is 0.0169. The van der Waals surface area contributed by atoms with Crippen molar-refractivity contribution in [3.8, 4) is 5.75 Å². The predicted molar refractivity (Wildman–Crippen MR) is 94.6 cm³/mol. The van der Waals surface area contributed by atoms with Crippen LogP contribution in [0.4, 0.5) is 13.2 Å². The van der Waals surface area contributed by atoms with Crippen molar-refractivity contribution in [3.05, 3.63) is 29.3 Å². The van der Waals surface area contributed by atoms with Gasteiger partial charge in [0.05, 0.1) is 5.75 Å². The minimum Gasteiger partial charge on any atom is -0.376 e. The molecule has 1 aromatic carbocycles. The van der Waals surface area contributed by atoms with E-state index in [4.69, 9.17) is 0 Å². The molecule has 1 N–H and O–H groups in total. The maximum atomic E-state index is 12.6. The lowest BCUT2D eigenvalue weighted by atomic mass is 9.76. The van der Waals surface area contributed by atoms with Crippen molar-refractivity contribution < 1.29 is 34.2 Å². The summed E-state index contributed by atoms with van der Waals surface area (Å²) in [7, 11) is -9.08. The van der Waals surface area contributed by atoms with Gasteiger partial charge in [-0.05, 0) is 73.6 Å². The fraction of sp³-hybridized carbons (Fsp3) is 0.647. The number of fused-ring (bicyclic) bond motifs is 1. The van der Waals surface area contributed by atoms with Crippen LogP contribution in [0.2, 0.25) is 0 Å². The first-order valence-corrected chi connectivity index (χ1v) is 12.1. The molecule has 3 atom stereocenters. The third-order valence-corrected chi connectivity index (χ3v) is 8.77. The van der Waals surface area contributed by atoms with Crippen LogP contribution in [0, 0.1) is 11.8 Å². The van der Waals surface area contributed by atoms with Crippen molar-refractivity contribution in [3.63, 3.8) is 0 Å². The summed E-state index contributed by atoms with van der Waals surface area (Å²) in [5.74, 6) is -0.149. The highest BCUT2D eigenvalue weighted by Gasteiger charge is 2.54. The number of hydrogen-bond acceptors (Lipinski definition) is 5. The first-order valence-electron chi connectivity index (χ1n) is 9.06. The van der Waals surface area contributed by atoms with Gasteiger partial charge in [0, 0.05) is 5.54 Å². The Hall–Kier alpha value is -1.33. The molecule has 28 heavy (non-hydrogen) atoms. The second kappa shape index (κ2) is 6.33. The summed E-state index contributed by atoms with van der Waals surface area (Å²) in [4.78, 5) is 0. The molecule has 156 valence electrons. The van der Waals surface area contributed by atoms with Crippen molar-refractivity contribution >= 4 is 20.1 Å². The molecule has 1 aromatic rings. The summed E-state index contributed by atoms with van der Waals surface area (Å²) in [6, 6.07) is 4.14. The standard InChI is InChI=1S/C17H20F3NO5S2/c18-17(19,20)28(24,25)26-15-5-2-11-8-13-3-4-14(9-12(11)10-15)16(13)6-1-7-27(22,23)21-16/h2,5,10,13-14,21H,1,3-4,6-9H2/t13-,14+,16-/m1/s1. The topological polar surface area (TPSA) is 89.5 Å². The van der Waals surface area contributed by atoms with Crippen molar-refractivity contribution in [2.45, 2.75) is 49.6 Å². The number of hydrogen-bond donors (Lipinski definition) is 1. The molecule has 1 spiro atoms. The summed E-state index contributed by atoms with van der Waals surface area (Å²) >= 11 is 0. The van der Waals surface area contributed by atoms with Crippen LogP contribution in [0.15, 0.2) is 18.2 Å². The second-order valence-electron chi connectivity index (χ2n) is 7.86. The van der Waals surface area contributed by atoms with E-state index in [0.29, 0.717) is 24.8 Å². The lowest BCUT2D eigenvalue weighted by molar-refractivity contribution is -0.0500. The Bertz CT molecular complexity index is 1010. The molecule has 0 aromatic heterocycles. The van der Waals surface area contributed by atoms with E-state index < -0.39 is 31.2 Å². The number of sulfonamides is 1. The Balaban J connectivity index is 1.65. The van der Waals surface area contributed by atoms with Crippen LogP contribution in [0.3, 0.4) is 0 Å². The van der Waals surface area contributed by atoms with E-state index in [2.05, 4.69) is 8.91 Å². The van der Waals surface area contributed by atoms with Gasteiger partial charge in [0.1, 0.15) is 5.75 Å². The van der Waals surface area contributed by atoms with E-state index in [1.165, 1.54) is 12.1 Å². The quantitative estimate of drug-likeness (QED) is 0.565. The molecule has 1 aliphatic heterocycles. The van der Waals surface area contributed by atoms with Gasteiger partial charge in [-0.1, -0.05) is 6.07 Å². The lowest BCUT2D eigenvalue weighted by Gasteiger charge is -2.42. The zero-order valence-corrected chi connectivity index (χ0v) is 16.5. The SMILES string of the molecule is O=S1(=O)CCC[C@@]2(N1)[C@@H]1CC[C@H]2Cc2cc(OS(=O)(=O)C(F)(F)F)ccc2C1. The first kappa shape index (κ1) is 20.0. The third kappa shape index (κ3) is 3.30. The van der Waals surface area contributed by atoms with Crippen molar-refractivity contribution in [1.82, 2.24) is 4.72 Å². The number of benzene rings is 1. The predicted octanol–water partition coefficient (Wildman–Crippen LogP) is 2.49. The molecule has 6 nitrogen and oxygen atoms in total. The van der Waals surface area contributed by atoms with Gasteiger partial charge in [-0.15, -0.1) is 0 Å². The molecule has 4 rings (SSSR count). The summed E-state index contributed by atoms with van der Waals surface area (Å²) in [6.07, 6.45) is 4.09. The molecule has 2 bridgehead atoms. The highest BCUT2D eigenvalue weighted by Crippen LogP contribution is 2.51. The Morgan fingerprint density at radius 3 is 2.36 bits per heavy atom. The van der Waals surface area contributed by atoms with Crippen LogP contribution in [-0.2, 0) is 33.0 Å². The molecule has 11 heteroatoms. The average Bonchev–Trinajstić information content (AvgIpc) is 2.76. The van der Waals surface area contributed by atoms with Crippen LogP contribution < -0.4 is 8.91 Å². The average molecular weight is 439 g/mol. The first-order chi connectivity index (χ1) is 12.9. The van der Waals surface area contributed by atoms with E-state index in [0.717, 1.165) is 24.8 Å². The van der Waals surface area contributed by atoms with E-state index in [1.54, 1.807) is 6.07 Å². The highest BCUT2D eigenvalue weighted by molar-refractivity contribution is 7.89. The summed E-state index contributed by atoms with van der Waals surface area (Å²) in [5.41, 5.74) is -4.42. The fourth-order valence-corrected chi connectivity index (χ4v) is 7.18. The van der Waals surface area contributed by atoms with Gasteiger partial charge in [-0.2, -0.15) is 21.6 Å². The zero-order chi connectivity index (χ0) is 20.4. The molecule has 1 saturated heterocycles. The van der Waals surface area contributed by atoms with Crippen LogP contribution >= 0.6 is 0 Å². The van der Waals surface area contributed by atoms with Gasteiger partial charge in [0.15, 0.2) is 0 Å². The number of alkyl halides is 3. The smallest absolute Gasteiger partial charge is 0.376 e. The molecular weight excluding hydrogens is 419 g/mol. The molecule has 0 unspecified atom stereocenters. The van der Waals surface area contributed by atoms with E-state index in [-0.39, 0.29) is 23.3 Å². The van der Waals surface area contributed by atoms with Crippen molar-refractivity contribution in [1.29, 1.82) is 0 Å².